The molecule has 1 fully saturated rings. The summed E-state index contributed by atoms with van der Waals surface area (Å²) in [6.45, 7) is 1.31. The number of anilines is 2. The number of nitrogens with one attached hydrogen (secondary N) is 1. The molecule has 0 aromatic heterocycles. The van der Waals surface area contributed by atoms with Crippen molar-refractivity contribution in [1.82, 2.24) is 0 Å². The molecule has 0 spiro atoms. The summed E-state index contributed by atoms with van der Waals surface area (Å²) in [5, 5.41) is 25.6. The fourth-order valence-electron chi connectivity index (χ4n) is 3.07. The molecule has 130 valence electrons. The van der Waals surface area contributed by atoms with E-state index in [0.29, 0.717) is 24.8 Å². The number of hydrogen-bond donors (Lipinski definition) is 1. The van der Waals surface area contributed by atoms with E-state index in [9.17, 15) is 20.2 Å². The van der Waals surface area contributed by atoms with Gasteiger partial charge in [0.25, 0.3) is 11.4 Å². The first kappa shape index (κ1) is 16.7. The van der Waals surface area contributed by atoms with E-state index >= 15 is 0 Å². The van der Waals surface area contributed by atoms with Crippen LogP contribution in [-0.2, 0) is 0 Å². The monoisotopic (exact) mass is 342 g/mol. The minimum absolute atomic E-state index is 0.219. The summed E-state index contributed by atoms with van der Waals surface area (Å²) < 4.78 is 0. The number of rotatable bonds is 5. The lowest BCUT2D eigenvalue weighted by Crippen LogP contribution is -2.39. The van der Waals surface area contributed by atoms with Crippen molar-refractivity contribution in [1.29, 1.82) is 0 Å². The van der Waals surface area contributed by atoms with Gasteiger partial charge in [-0.05, 0) is 31.0 Å². The number of para-hydroxylation sites is 1. The van der Waals surface area contributed by atoms with Gasteiger partial charge in [-0.1, -0.05) is 18.2 Å². The van der Waals surface area contributed by atoms with E-state index in [1.54, 1.807) is 0 Å². The maximum Gasteiger partial charge on any atom is 0.299 e. The van der Waals surface area contributed by atoms with Crippen LogP contribution in [0, 0.1) is 20.2 Å². The molecule has 1 saturated heterocycles. The molecule has 1 N–H and O–H groups in total. The molecule has 2 aromatic carbocycles. The van der Waals surface area contributed by atoms with E-state index in [1.807, 2.05) is 35.2 Å². The minimum Gasteiger partial charge on any atom is -0.382 e. The van der Waals surface area contributed by atoms with Crippen molar-refractivity contribution < 1.29 is 9.85 Å². The first-order valence-electron chi connectivity index (χ1n) is 8.04. The zero-order valence-corrected chi connectivity index (χ0v) is 13.5. The van der Waals surface area contributed by atoms with E-state index in [4.69, 9.17) is 0 Å². The second kappa shape index (κ2) is 7.16. The van der Waals surface area contributed by atoms with Gasteiger partial charge in [0.05, 0.1) is 15.9 Å². The van der Waals surface area contributed by atoms with Crippen molar-refractivity contribution in [2.45, 2.75) is 18.9 Å². The van der Waals surface area contributed by atoms with Gasteiger partial charge in [-0.3, -0.25) is 20.2 Å². The van der Waals surface area contributed by atoms with Crippen molar-refractivity contribution in [3.63, 3.8) is 0 Å². The highest BCUT2D eigenvalue weighted by Gasteiger charge is 2.26. The van der Waals surface area contributed by atoms with E-state index in [0.717, 1.165) is 24.6 Å². The van der Waals surface area contributed by atoms with Gasteiger partial charge >= 0.3 is 0 Å². The summed E-state index contributed by atoms with van der Waals surface area (Å²) in [5.74, 6) is 0. The van der Waals surface area contributed by atoms with Crippen LogP contribution in [0.25, 0.3) is 0 Å². The van der Waals surface area contributed by atoms with Crippen molar-refractivity contribution in [3.05, 3.63) is 68.8 Å². The summed E-state index contributed by atoms with van der Waals surface area (Å²) in [4.78, 5) is 22.9. The summed E-state index contributed by atoms with van der Waals surface area (Å²) in [7, 11) is 0. The lowest BCUT2D eigenvalue weighted by Gasteiger charge is -2.34. The number of benzene rings is 2. The average molecular weight is 342 g/mol. The van der Waals surface area contributed by atoms with Gasteiger partial charge in [0.1, 0.15) is 5.69 Å². The van der Waals surface area contributed by atoms with Crippen molar-refractivity contribution in [2.24, 2.45) is 0 Å². The van der Waals surface area contributed by atoms with Gasteiger partial charge in [0, 0.05) is 30.9 Å². The molecule has 8 heteroatoms. The lowest BCUT2D eigenvalue weighted by molar-refractivity contribution is -0.393. The highest BCUT2D eigenvalue weighted by molar-refractivity contribution is 5.67. The Bertz CT molecular complexity index is 773. The number of non-ortho nitro benzene ring substituents is 1. The molecule has 0 aliphatic carbocycles. The summed E-state index contributed by atoms with van der Waals surface area (Å²) >= 11 is 0. The molecule has 25 heavy (non-hydrogen) atoms. The molecule has 0 saturated carbocycles. The van der Waals surface area contributed by atoms with Crippen molar-refractivity contribution in [2.75, 3.05) is 23.3 Å². The van der Waals surface area contributed by atoms with Crippen LogP contribution < -0.4 is 10.2 Å². The maximum atomic E-state index is 11.3. The highest BCUT2D eigenvalue weighted by atomic mass is 16.6. The van der Waals surface area contributed by atoms with Crippen LogP contribution >= 0.6 is 0 Å². The standard InChI is InChI=1S/C17H18N4O4/c22-20(23)15-6-7-16(17(12-15)21(24)25)19-10-8-14(9-11-19)18-13-4-2-1-3-5-13/h1-7,12,14,18H,8-11H2. The Morgan fingerprint density at radius 1 is 0.960 bits per heavy atom. The van der Waals surface area contributed by atoms with Crippen LogP contribution in [0.15, 0.2) is 48.5 Å². The van der Waals surface area contributed by atoms with Gasteiger partial charge in [0.2, 0.25) is 0 Å². The van der Waals surface area contributed by atoms with Crippen LogP contribution in [0.4, 0.5) is 22.7 Å². The molecule has 0 bridgehead atoms. The second-order valence-electron chi connectivity index (χ2n) is 5.96. The summed E-state index contributed by atoms with van der Waals surface area (Å²) in [6.07, 6.45) is 1.67. The van der Waals surface area contributed by atoms with Gasteiger partial charge in [-0.2, -0.15) is 0 Å². The number of nitro benzene ring substituents is 2. The molecule has 0 atom stereocenters. The largest absolute Gasteiger partial charge is 0.382 e. The Morgan fingerprint density at radius 3 is 2.24 bits per heavy atom. The molecule has 1 aliphatic heterocycles. The zero-order chi connectivity index (χ0) is 17.8. The van der Waals surface area contributed by atoms with Crippen molar-refractivity contribution >= 4 is 22.7 Å². The number of hydrogen-bond acceptors (Lipinski definition) is 6. The Labute approximate surface area is 144 Å². The average Bonchev–Trinajstić information content (AvgIpc) is 2.62. The number of piperidine rings is 1. The third-order valence-corrected chi connectivity index (χ3v) is 4.35. The van der Waals surface area contributed by atoms with E-state index in [-0.39, 0.29) is 11.4 Å². The third-order valence-electron chi connectivity index (χ3n) is 4.35. The van der Waals surface area contributed by atoms with Crippen LogP contribution in [-0.4, -0.2) is 29.0 Å². The number of nitro groups is 2. The van der Waals surface area contributed by atoms with Crippen LogP contribution in [0.2, 0.25) is 0 Å². The van der Waals surface area contributed by atoms with Crippen molar-refractivity contribution in [3.8, 4) is 0 Å². The van der Waals surface area contributed by atoms with Crippen LogP contribution in [0.5, 0.6) is 0 Å². The Balaban J connectivity index is 1.70. The topological polar surface area (TPSA) is 102 Å². The van der Waals surface area contributed by atoms with Gasteiger partial charge in [0.15, 0.2) is 0 Å². The zero-order valence-electron chi connectivity index (χ0n) is 13.5. The molecule has 8 nitrogen and oxygen atoms in total. The predicted molar refractivity (Wildman–Crippen MR) is 95.1 cm³/mol. The quantitative estimate of drug-likeness (QED) is 0.658. The molecular formula is C17H18N4O4. The maximum absolute atomic E-state index is 11.3. The van der Waals surface area contributed by atoms with E-state index in [2.05, 4.69) is 5.32 Å². The van der Waals surface area contributed by atoms with Crippen LogP contribution in [0.1, 0.15) is 12.8 Å². The first-order chi connectivity index (χ1) is 12.0. The Morgan fingerprint density at radius 2 is 1.64 bits per heavy atom. The summed E-state index contributed by atoms with van der Waals surface area (Å²) in [6, 6.07) is 14.0. The lowest BCUT2D eigenvalue weighted by atomic mass is 10.0. The SMILES string of the molecule is O=[N+]([O-])c1ccc(N2CCC(Nc3ccccc3)CC2)c([N+](=O)[O-])c1. The molecule has 1 aliphatic rings. The molecule has 0 unspecified atom stereocenters. The Kier molecular flexibility index (Phi) is 4.78. The van der Waals surface area contributed by atoms with Crippen LogP contribution in [0.3, 0.4) is 0 Å². The molecule has 3 rings (SSSR count). The normalized spacial score (nSPS) is 15.0. The second-order valence-corrected chi connectivity index (χ2v) is 5.96. The highest BCUT2D eigenvalue weighted by Crippen LogP contribution is 2.33. The summed E-state index contributed by atoms with van der Waals surface area (Å²) in [5.41, 5.74) is 1.01. The first-order valence-corrected chi connectivity index (χ1v) is 8.04. The fourth-order valence-corrected chi connectivity index (χ4v) is 3.07. The smallest absolute Gasteiger partial charge is 0.299 e. The predicted octanol–water partition coefficient (Wildman–Crippen LogP) is 3.58. The number of nitrogens with zero attached hydrogens (tertiary/aromatic N) is 3. The molecule has 1 heterocycles. The molecule has 0 amide bonds. The third kappa shape index (κ3) is 3.85. The minimum atomic E-state index is -0.618. The van der Waals surface area contributed by atoms with Gasteiger partial charge in [-0.25, -0.2) is 0 Å². The van der Waals surface area contributed by atoms with Gasteiger partial charge in [-0.15, -0.1) is 0 Å². The van der Waals surface area contributed by atoms with E-state index in [1.165, 1.54) is 12.1 Å². The van der Waals surface area contributed by atoms with Gasteiger partial charge < -0.3 is 10.2 Å². The Hall–Kier alpha value is -3.16. The van der Waals surface area contributed by atoms with E-state index < -0.39 is 9.85 Å². The fraction of sp³-hybridized carbons (Fsp3) is 0.294. The molecule has 0 radical (unpaired) electrons. The molecular weight excluding hydrogens is 324 g/mol. The molecule has 2 aromatic rings.